The Morgan fingerprint density at radius 2 is 1.15 bits per heavy atom. The van der Waals surface area contributed by atoms with Gasteiger partial charge in [-0.1, -0.05) is 0 Å². The predicted octanol–water partition coefficient (Wildman–Crippen LogP) is 2.07. The summed E-state index contributed by atoms with van der Waals surface area (Å²) in [4.78, 5) is 20.3. The van der Waals surface area contributed by atoms with E-state index < -0.39 is 11.9 Å². The molecular formula is C17H15NO8. The fourth-order valence-electron chi connectivity index (χ4n) is 2.34. The predicted molar refractivity (Wildman–Crippen MR) is 88.5 cm³/mol. The van der Waals surface area contributed by atoms with Crippen LogP contribution in [0.1, 0.15) is 0 Å². The summed E-state index contributed by atoms with van der Waals surface area (Å²) < 4.78 is 21.5. The lowest BCUT2D eigenvalue weighted by molar-refractivity contribution is -0.159. The lowest BCUT2D eigenvalue weighted by Crippen LogP contribution is -2.09. The Bertz CT molecular complexity index is 781. The number of aliphatic carboxylic acids is 2. The smallest absolute Gasteiger partial charge is 0.414 e. The van der Waals surface area contributed by atoms with E-state index in [1.165, 1.54) is 0 Å². The zero-order chi connectivity index (χ0) is 18.7. The number of carboxylic acids is 2. The van der Waals surface area contributed by atoms with Crippen LogP contribution in [0.25, 0.3) is 0 Å². The third kappa shape index (κ3) is 3.56. The largest absolute Gasteiger partial charge is 0.473 e. The number of hydrogen-bond acceptors (Lipinski definition) is 7. The molecule has 2 aliphatic heterocycles. The zero-order valence-electron chi connectivity index (χ0n) is 13.7. The molecule has 0 bridgehead atoms. The van der Waals surface area contributed by atoms with Crippen LogP contribution in [0.2, 0.25) is 0 Å². The van der Waals surface area contributed by atoms with Crippen LogP contribution in [-0.4, -0.2) is 42.8 Å². The van der Waals surface area contributed by atoms with Crippen molar-refractivity contribution in [2.45, 2.75) is 0 Å². The van der Waals surface area contributed by atoms with Crippen molar-refractivity contribution in [3.63, 3.8) is 0 Å². The van der Waals surface area contributed by atoms with Gasteiger partial charge in [0.15, 0.2) is 23.0 Å². The fourth-order valence-corrected chi connectivity index (χ4v) is 2.34. The number of fused-ring (bicyclic) bond motifs is 2. The normalized spacial score (nSPS) is 12.8. The van der Waals surface area contributed by atoms with E-state index in [-0.39, 0.29) is 13.6 Å². The molecule has 9 heteroatoms. The van der Waals surface area contributed by atoms with E-state index in [1.54, 1.807) is 0 Å². The number of hydrogen-bond donors (Lipinski definition) is 2. The van der Waals surface area contributed by atoms with Crippen LogP contribution in [0.3, 0.4) is 0 Å². The minimum Gasteiger partial charge on any atom is -0.473 e. The fraction of sp³-hybridized carbons (Fsp3) is 0.176. The first-order valence-corrected chi connectivity index (χ1v) is 7.45. The van der Waals surface area contributed by atoms with Crippen molar-refractivity contribution in [3.05, 3.63) is 36.4 Å². The second-order valence-corrected chi connectivity index (χ2v) is 5.24. The second kappa shape index (κ2) is 7.09. The van der Waals surface area contributed by atoms with E-state index in [4.69, 9.17) is 38.7 Å². The summed E-state index contributed by atoms with van der Waals surface area (Å²) >= 11 is 0. The van der Waals surface area contributed by atoms with Crippen LogP contribution >= 0.6 is 0 Å². The Balaban J connectivity index is 0.000000286. The van der Waals surface area contributed by atoms with Crippen LogP contribution in [0.5, 0.6) is 23.0 Å². The van der Waals surface area contributed by atoms with E-state index in [2.05, 4.69) is 4.90 Å². The lowest BCUT2D eigenvalue weighted by Gasteiger charge is -2.20. The third-order valence-electron chi connectivity index (χ3n) is 3.67. The third-order valence-corrected chi connectivity index (χ3v) is 3.67. The van der Waals surface area contributed by atoms with Crippen molar-refractivity contribution in [2.75, 3.05) is 25.5 Å². The number of rotatable bonds is 2. The summed E-state index contributed by atoms with van der Waals surface area (Å²) in [6, 6.07) is 11.8. The van der Waals surface area contributed by atoms with E-state index in [1.807, 2.05) is 43.4 Å². The molecule has 2 aromatic carbocycles. The summed E-state index contributed by atoms with van der Waals surface area (Å²) in [5.74, 6) is -0.532. The van der Waals surface area contributed by atoms with Gasteiger partial charge in [0, 0.05) is 30.6 Å². The maximum absolute atomic E-state index is 9.10. The molecule has 0 fully saturated rings. The molecule has 0 aliphatic carbocycles. The number of nitrogens with zero attached hydrogens (tertiary/aromatic N) is 1. The van der Waals surface area contributed by atoms with Gasteiger partial charge in [0.1, 0.15) is 0 Å². The van der Waals surface area contributed by atoms with Crippen LogP contribution < -0.4 is 23.8 Å². The summed E-state index contributed by atoms with van der Waals surface area (Å²) in [5.41, 5.74) is 2.04. The minimum absolute atomic E-state index is 0.284. The summed E-state index contributed by atoms with van der Waals surface area (Å²) in [6.45, 7) is 0.569. The molecule has 4 rings (SSSR count). The van der Waals surface area contributed by atoms with Crippen LogP contribution in [0.15, 0.2) is 36.4 Å². The van der Waals surface area contributed by atoms with Crippen LogP contribution in [0, 0.1) is 0 Å². The van der Waals surface area contributed by atoms with Crippen molar-refractivity contribution in [2.24, 2.45) is 0 Å². The number of carboxylic acid groups (broad SMARTS) is 2. The van der Waals surface area contributed by atoms with Gasteiger partial charge in [-0.25, -0.2) is 9.59 Å². The average molecular weight is 361 g/mol. The molecule has 26 heavy (non-hydrogen) atoms. The topological polar surface area (TPSA) is 115 Å². The molecule has 2 aliphatic rings. The molecule has 136 valence electrons. The minimum atomic E-state index is -1.82. The lowest BCUT2D eigenvalue weighted by atomic mass is 10.2. The maximum atomic E-state index is 9.10. The van der Waals surface area contributed by atoms with Crippen molar-refractivity contribution >= 4 is 23.3 Å². The molecule has 0 amide bonds. The van der Waals surface area contributed by atoms with Gasteiger partial charge in [0.25, 0.3) is 0 Å². The van der Waals surface area contributed by atoms with Gasteiger partial charge in [-0.15, -0.1) is 0 Å². The highest BCUT2D eigenvalue weighted by molar-refractivity contribution is 6.27. The Morgan fingerprint density at radius 1 is 0.769 bits per heavy atom. The molecule has 0 radical (unpaired) electrons. The molecule has 0 aromatic heterocycles. The first kappa shape index (κ1) is 17.2. The van der Waals surface area contributed by atoms with Crippen molar-refractivity contribution < 1.29 is 38.7 Å². The Morgan fingerprint density at radius 3 is 1.54 bits per heavy atom. The van der Waals surface area contributed by atoms with Gasteiger partial charge >= 0.3 is 11.9 Å². The van der Waals surface area contributed by atoms with E-state index in [0.29, 0.717) is 0 Å². The van der Waals surface area contributed by atoms with Crippen molar-refractivity contribution in [1.82, 2.24) is 0 Å². The number of anilines is 2. The Hall–Kier alpha value is -3.62. The highest BCUT2D eigenvalue weighted by Gasteiger charge is 2.18. The first-order valence-electron chi connectivity index (χ1n) is 7.45. The van der Waals surface area contributed by atoms with Gasteiger partial charge < -0.3 is 34.1 Å². The maximum Gasteiger partial charge on any atom is 0.414 e. The van der Waals surface area contributed by atoms with Crippen molar-refractivity contribution in [1.29, 1.82) is 0 Å². The van der Waals surface area contributed by atoms with Gasteiger partial charge in [-0.2, -0.15) is 0 Å². The molecule has 2 heterocycles. The molecule has 0 spiro atoms. The van der Waals surface area contributed by atoms with Crippen molar-refractivity contribution in [3.8, 4) is 23.0 Å². The molecular weight excluding hydrogens is 346 g/mol. The second-order valence-electron chi connectivity index (χ2n) is 5.24. The highest BCUT2D eigenvalue weighted by atomic mass is 16.7. The number of benzene rings is 2. The molecule has 9 nitrogen and oxygen atoms in total. The summed E-state index contributed by atoms with van der Waals surface area (Å²) in [7, 11) is 2.00. The Labute approximate surface area is 147 Å². The zero-order valence-corrected chi connectivity index (χ0v) is 13.7. The van der Waals surface area contributed by atoms with E-state index in [9.17, 15) is 0 Å². The molecule has 0 saturated carbocycles. The SMILES string of the molecule is CN(c1ccc2c(c1)OCO2)c1ccc2c(c1)OCO2.O=C(O)C(=O)O. The molecule has 0 atom stereocenters. The molecule has 0 unspecified atom stereocenters. The van der Waals surface area contributed by atoms with Crippen LogP contribution in [-0.2, 0) is 9.59 Å². The Kier molecular flexibility index (Phi) is 4.70. The quantitative estimate of drug-likeness (QED) is 0.776. The highest BCUT2D eigenvalue weighted by Crippen LogP contribution is 2.40. The van der Waals surface area contributed by atoms with Gasteiger partial charge in [0.05, 0.1) is 0 Å². The summed E-state index contributed by atoms with van der Waals surface area (Å²) in [5, 5.41) is 14.8. The molecule has 2 N–H and O–H groups in total. The van der Waals surface area contributed by atoms with Gasteiger partial charge in [-0.3, -0.25) is 0 Å². The molecule has 2 aromatic rings. The van der Waals surface area contributed by atoms with Gasteiger partial charge in [0.2, 0.25) is 13.6 Å². The van der Waals surface area contributed by atoms with Crippen LogP contribution in [0.4, 0.5) is 11.4 Å². The monoisotopic (exact) mass is 361 g/mol. The average Bonchev–Trinajstić information content (AvgIpc) is 3.29. The summed E-state index contributed by atoms with van der Waals surface area (Å²) in [6.07, 6.45) is 0. The first-order chi connectivity index (χ1) is 12.5. The van der Waals surface area contributed by atoms with E-state index in [0.717, 1.165) is 34.4 Å². The van der Waals surface area contributed by atoms with E-state index >= 15 is 0 Å². The van der Waals surface area contributed by atoms with Gasteiger partial charge in [-0.05, 0) is 24.3 Å². The standard InChI is InChI=1S/C15H13NO4.C2H2O4/c1-16(10-2-4-12-14(6-10)19-8-17-12)11-3-5-13-15(7-11)20-9-18-13;3-1(4)2(5)6/h2-7H,8-9H2,1H3;(H,3,4)(H,5,6). The number of ether oxygens (including phenoxy) is 4. The molecule has 0 saturated heterocycles. The number of carbonyl (C=O) groups is 2.